The van der Waals surface area contributed by atoms with Crippen molar-refractivity contribution in [3.63, 3.8) is 0 Å². The lowest BCUT2D eigenvalue weighted by Gasteiger charge is -2.14. The van der Waals surface area contributed by atoms with Gasteiger partial charge in [-0.05, 0) is 12.1 Å². The molecule has 0 saturated carbocycles. The van der Waals surface area contributed by atoms with E-state index in [1.807, 2.05) is 0 Å². The van der Waals surface area contributed by atoms with Crippen molar-refractivity contribution >= 4 is 11.9 Å². The van der Waals surface area contributed by atoms with Crippen LogP contribution in [0.15, 0.2) is 18.3 Å². The minimum Gasteiger partial charge on any atom is -0.480 e. The van der Waals surface area contributed by atoms with Gasteiger partial charge in [-0.2, -0.15) is 13.2 Å². The van der Waals surface area contributed by atoms with Crippen LogP contribution in [-0.4, -0.2) is 40.5 Å². The lowest BCUT2D eigenvalue weighted by atomic mass is 10.2. The molecule has 0 spiro atoms. The van der Waals surface area contributed by atoms with Gasteiger partial charge in [-0.3, -0.25) is 14.6 Å². The number of carbonyl (C=O) groups is 2. The molecule has 0 saturated heterocycles. The lowest BCUT2D eigenvalue weighted by molar-refractivity contribution is -0.138. The van der Waals surface area contributed by atoms with Crippen molar-refractivity contribution in [2.24, 2.45) is 0 Å². The quantitative estimate of drug-likeness (QED) is 0.890. The number of nitrogens with zero attached hydrogens (tertiary/aromatic N) is 2. The van der Waals surface area contributed by atoms with Crippen LogP contribution >= 0.6 is 0 Å². The van der Waals surface area contributed by atoms with Gasteiger partial charge in [0.25, 0.3) is 5.91 Å². The van der Waals surface area contributed by atoms with E-state index in [0.29, 0.717) is 6.20 Å². The molecule has 0 bridgehead atoms. The van der Waals surface area contributed by atoms with Crippen molar-refractivity contribution in [2.45, 2.75) is 6.18 Å². The molecule has 0 aliphatic rings. The maximum absolute atomic E-state index is 12.2. The van der Waals surface area contributed by atoms with Crippen LogP contribution in [0.3, 0.4) is 0 Å². The molecule has 1 aromatic heterocycles. The standard InChI is InChI=1S/C10H9F3N2O3/c1-15(5-8(16)17)9(18)7-3-2-6(4-14-7)10(11,12)13/h2-4H,5H2,1H3,(H,16,17). The van der Waals surface area contributed by atoms with Gasteiger partial charge >= 0.3 is 12.1 Å². The van der Waals surface area contributed by atoms with E-state index in [1.54, 1.807) is 0 Å². The molecule has 1 amide bonds. The number of halogens is 3. The number of amides is 1. The highest BCUT2D eigenvalue weighted by molar-refractivity contribution is 5.93. The number of aromatic nitrogens is 1. The summed E-state index contributed by atoms with van der Waals surface area (Å²) in [5, 5.41) is 8.47. The number of carboxylic acid groups (broad SMARTS) is 1. The molecule has 0 radical (unpaired) electrons. The van der Waals surface area contributed by atoms with Crippen LogP contribution in [0.2, 0.25) is 0 Å². The third-order valence-electron chi connectivity index (χ3n) is 2.03. The van der Waals surface area contributed by atoms with Crippen molar-refractivity contribution in [3.05, 3.63) is 29.6 Å². The van der Waals surface area contributed by atoms with Gasteiger partial charge in [0.05, 0.1) is 5.56 Å². The van der Waals surface area contributed by atoms with Gasteiger partial charge in [0.15, 0.2) is 0 Å². The van der Waals surface area contributed by atoms with Crippen LogP contribution < -0.4 is 0 Å². The molecule has 1 heterocycles. The van der Waals surface area contributed by atoms with E-state index in [2.05, 4.69) is 4.98 Å². The molecule has 0 unspecified atom stereocenters. The summed E-state index contributed by atoms with van der Waals surface area (Å²) in [5.74, 6) is -1.98. The predicted molar refractivity (Wildman–Crippen MR) is 53.8 cm³/mol. The first kappa shape index (κ1) is 13.9. The fraction of sp³-hybridized carbons (Fsp3) is 0.300. The summed E-state index contributed by atoms with van der Waals surface area (Å²) < 4.78 is 36.7. The van der Waals surface area contributed by atoms with Gasteiger partial charge in [-0.25, -0.2) is 0 Å². The Labute approximate surface area is 99.8 Å². The number of alkyl halides is 3. The van der Waals surface area contributed by atoms with E-state index in [4.69, 9.17) is 5.11 Å². The van der Waals surface area contributed by atoms with Crippen molar-refractivity contribution in [3.8, 4) is 0 Å². The number of hydrogen-bond acceptors (Lipinski definition) is 3. The van der Waals surface area contributed by atoms with E-state index in [1.165, 1.54) is 7.05 Å². The van der Waals surface area contributed by atoms with Gasteiger partial charge in [0, 0.05) is 13.2 Å². The highest BCUT2D eigenvalue weighted by Crippen LogP contribution is 2.28. The normalized spacial score (nSPS) is 11.1. The molecule has 0 aromatic carbocycles. The Hall–Kier alpha value is -2.12. The first-order valence-corrected chi connectivity index (χ1v) is 4.72. The topological polar surface area (TPSA) is 70.5 Å². The van der Waals surface area contributed by atoms with Crippen LogP contribution in [-0.2, 0) is 11.0 Å². The zero-order valence-corrected chi connectivity index (χ0v) is 9.23. The Morgan fingerprint density at radius 1 is 1.39 bits per heavy atom. The van der Waals surface area contributed by atoms with Gasteiger partial charge in [-0.1, -0.05) is 0 Å². The van der Waals surface area contributed by atoms with Crippen molar-refractivity contribution in [1.82, 2.24) is 9.88 Å². The minimum absolute atomic E-state index is 0.244. The third-order valence-corrected chi connectivity index (χ3v) is 2.03. The molecule has 0 atom stereocenters. The summed E-state index contributed by atoms with van der Waals surface area (Å²) in [7, 11) is 1.22. The molecule has 0 fully saturated rings. The molecule has 5 nitrogen and oxygen atoms in total. The fourth-order valence-electron chi connectivity index (χ4n) is 1.16. The van der Waals surface area contributed by atoms with Crippen LogP contribution in [0, 0.1) is 0 Å². The number of likely N-dealkylation sites (N-methyl/N-ethyl adjacent to an activating group) is 1. The van der Waals surface area contributed by atoms with Crippen LogP contribution in [0.5, 0.6) is 0 Å². The molecule has 18 heavy (non-hydrogen) atoms. The number of carboxylic acids is 1. The molecule has 1 N–H and O–H groups in total. The third kappa shape index (κ3) is 3.44. The van der Waals surface area contributed by atoms with E-state index < -0.39 is 30.2 Å². The Bertz CT molecular complexity index is 456. The zero-order valence-electron chi connectivity index (χ0n) is 9.23. The maximum Gasteiger partial charge on any atom is 0.417 e. The second-order valence-electron chi connectivity index (χ2n) is 3.48. The second-order valence-corrected chi connectivity index (χ2v) is 3.48. The lowest BCUT2D eigenvalue weighted by Crippen LogP contribution is -2.32. The van der Waals surface area contributed by atoms with Gasteiger partial charge in [0.2, 0.25) is 0 Å². The number of hydrogen-bond donors (Lipinski definition) is 1. The Morgan fingerprint density at radius 3 is 2.39 bits per heavy atom. The van der Waals surface area contributed by atoms with Crippen LogP contribution in [0.1, 0.15) is 16.1 Å². The number of pyridine rings is 1. The smallest absolute Gasteiger partial charge is 0.417 e. The largest absolute Gasteiger partial charge is 0.480 e. The van der Waals surface area contributed by atoms with E-state index >= 15 is 0 Å². The molecule has 0 aliphatic carbocycles. The monoisotopic (exact) mass is 262 g/mol. The average molecular weight is 262 g/mol. The van der Waals surface area contributed by atoms with Crippen molar-refractivity contribution < 1.29 is 27.9 Å². The highest BCUT2D eigenvalue weighted by Gasteiger charge is 2.31. The molecular formula is C10H9F3N2O3. The molecule has 0 aliphatic heterocycles. The van der Waals surface area contributed by atoms with E-state index in [9.17, 15) is 22.8 Å². The highest BCUT2D eigenvalue weighted by atomic mass is 19.4. The summed E-state index contributed by atoms with van der Waals surface area (Å²) in [5.41, 5.74) is -1.22. The van der Waals surface area contributed by atoms with Gasteiger partial charge < -0.3 is 10.0 Å². The van der Waals surface area contributed by atoms with Crippen molar-refractivity contribution in [1.29, 1.82) is 0 Å². The zero-order chi connectivity index (χ0) is 13.9. The summed E-state index contributed by atoms with van der Waals surface area (Å²) in [6, 6.07) is 1.62. The number of aliphatic carboxylic acids is 1. The second kappa shape index (κ2) is 5.03. The summed E-state index contributed by atoms with van der Waals surface area (Å²) in [6.07, 6.45) is -4.00. The number of rotatable bonds is 3. The van der Waals surface area contributed by atoms with Crippen LogP contribution in [0.25, 0.3) is 0 Å². The fourth-order valence-corrected chi connectivity index (χ4v) is 1.16. The number of carbonyl (C=O) groups excluding carboxylic acids is 1. The first-order chi connectivity index (χ1) is 8.21. The SMILES string of the molecule is CN(CC(=O)O)C(=O)c1ccc(C(F)(F)F)cn1. The first-order valence-electron chi connectivity index (χ1n) is 4.72. The molecular weight excluding hydrogens is 253 g/mol. The average Bonchev–Trinajstić information content (AvgIpc) is 2.26. The Kier molecular flexibility index (Phi) is 3.89. The summed E-state index contributed by atoms with van der Waals surface area (Å²) in [4.78, 5) is 26.1. The summed E-state index contributed by atoms with van der Waals surface area (Å²) in [6.45, 7) is -0.554. The molecule has 1 rings (SSSR count). The van der Waals surface area contributed by atoms with Gasteiger partial charge in [-0.15, -0.1) is 0 Å². The van der Waals surface area contributed by atoms with Gasteiger partial charge in [0.1, 0.15) is 12.2 Å². The molecule has 98 valence electrons. The van der Waals surface area contributed by atoms with E-state index in [0.717, 1.165) is 17.0 Å². The molecule has 8 heteroatoms. The van der Waals surface area contributed by atoms with E-state index in [-0.39, 0.29) is 5.69 Å². The predicted octanol–water partition coefficient (Wildman–Crippen LogP) is 1.26. The van der Waals surface area contributed by atoms with Crippen LogP contribution in [0.4, 0.5) is 13.2 Å². The minimum atomic E-state index is -4.53. The van der Waals surface area contributed by atoms with Crippen molar-refractivity contribution in [2.75, 3.05) is 13.6 Å². The maximum atomic E-state index is 12.2. The Balaban J connectivity index is 2.85. The molecule has 1 aromatic rings. The summed E-state index contributed by atoms with van der Waals surface area (Å²) >= 11 is 0. The Morgan fingerprint density at radius 2 is 2.00 bits per heavy atom.